The summed E-state index contributed by atoms with van der Waals surface area (Å²) in [5.74, 6) is -0.223. The number of nitrogens with zero attached hydrogens (tertiary/aromatic N) is 3. The van der Waals surface area contributed by atoms with Crippen LogP contribution in [0.15, 0.2) is 24.3 Å². The zero-order valence-corrected chi connectivity index (χ0v) is 18.4. The highest BCUT2D eigenvalue weighted by molar-refractivity contribution is 5.85. The molecule has 2 saturated heterocycles. The molecular weight excluding hydrogens is 390 g/mol. The SMILES string of the molecule is CC(C)c1ccc(CN2CCN(C(=O)CN3CCC(C(=O)O)CC3)CC2)cc1.Cl. The van der Waals surface area contributed by atoms with Gasteiger partial charge in [-0.3, -0.25) is 19.4 Å². The van der Waals surface area contributed by atoms with Crippen LogP contribution in [0.1, 0.15) is 43.7 Å². The molecule has 0 radical (unpaired) electrons. The Hall–Kier alpha value is -1.63. The van der Waals surface area contributed by atoms with Crippen molar-refractivity contribution in [3.05, 3.63) is 35.4 Å². The van der Waals surface area contributed by atoms with Crippen molar-refractivity contribution in [2.75, 3.05) is 45.8 Å². The molecule has 1 aromatic rings. The van der Waals surface area contributed by atoms with Crippen molar-refractivity contribution >= 4 is 24.3 Å². The lowest BCUT2D eigenvalue weighted by atomic mass is 9.97. The van der Waals surface area contributed by atoms with Crippen LogP contribution >= 0.6 is 12.4 Å². The van der Waals surface area contributed by atoms with Gasteiger partial charge in [-0.25, -0.2) is 0 Å². The second-order valence-electron chi connectivity index (χ2n) is 8.44. The molecule has 2 aliphatic rings. The lowest BCUT2D eigenvalue weighted by Gasteiger charge is -2.36. The van der Waals surface area contributed by atoms with Gasteiger partial charge in [-0.2, -0.15) is 0 Å². The number of aliphatic carboxylic acids is 1. The first kappa shape index (κ1) is 23.6. The van der Waals surface area contributed by atoms with E-state index in [0.29, 0.717) is 38.4 Å². The molecule has 1 aromatic carbocycles. The van der Waals surface area contributed by atoms with Crippen molar-refractivity contribution in [3.63, 3.8) is 0 Å². The molecule has 2 heterocycles. The summed E-state index contributed by atoms with van der Waals surface area (Å²) < 4.78 is 0. The number of amides is 1. The predicted octanol–water partition coefficient (Wildman–Crippen LogP) is 2.67. The zero-order chi connectivity index (χ0) is 20.1. The van der Waals surface area contributed by atoms with Gasteiger partial charge in [0.05, 0.1) is 12.5 Å². The Balaban J connectivity index is 0.00000300. The number of hydrogen-bond acceptors (Lipinski definition) is 4. The molecule has 3 rings (SSSR count). The van der Waals surface area contributed by atoms with E-state index in [9.17, 15) is 9.59 Å². The van der Waals surface area contributed by atoms with Gasteiger partial charge in [0.25, 0.3) is 0 Å². The van der Waals surface area contributed by atoms with Crippen molar-refractivity contribution < 1.29 is 14.7 Å². The highest BCUT2D eigenvalue weighted by Gasteiger charge is 2.27. The predicted molar refractivity (Wildman–Crippen MR) is 116 cm³/mol. The first-order valence-corrected chi connectivity index (χ1v) is 10.5. The molecular formula is C22H34ClN3O3. The van der Waals surface area contributed by atoms with Crippen molar-refractivity contribution in [2.45, 2.75) is 39.2 Å². The average Bonchev–Trinajstić information content (AvgIpc) is 2.69. The van der Waals surface area contributed by atoms with E-state index in [1.807, 2.05) is 4.90 Å². The zero-order valence-electron chi connectivity index (χ0n) is 17.5. The second-order valence-corrected chi connectivity index (χ2v) is 8.44. The number of rotatable bonds is 6. The number of likely N-dealkylation sites (tertiary alicyclic amines) is 1. The van der Waals surface area contributed by atoms with Gasteiger partial charge in [0.2, 0.25) is 5.91 Å². The van der Waals surface area contributed by atoms with Gasteiger partial charge in [0.15, 0.2) is 0 Å². The van der Waals surface area contributed by atoms with Crippen LogP contribution in [0.3, 0.4) is 0 Å². The fourth-order valence-electron chi connectivity index (χ4n) is 4.05. The fourth-order valence-corrected chi connectivity index (χ4v) is 4.05. The maximum Gasteiger partial charge on any atom is 0.306 e. The molecule has 0 aliphatic carbocycles. The van der Waals surface area contributed by atoms with Gasteiger partial charge in [-0.05, 0) is 43.0 Å². The molecule has 0 spiro atoms. The minimum atomic E-state index is -0.707. The van der Waals surface area contributed by atoms with Crippen LogP contribution < -0.4 is 0 Å². The van der Waals surface area contributed by atoms with Crippen LogP contribution in [0.2, 0.25) is 0 Å². The number of carbonyl (C=O) groups excluding carboxylic acids is 1. The largest absolute Gasteiger partial charge is 0.481 e. The number of hydrogen-bond donors (Lipinski definition) is 1. The molecule has 162 valence electrons. The van der Waals surface area contributed by atoms with Crippen LogP contribution in [0.4, 0.5) is 0 Å². The Labute approximate surface area is 180 Å². The Morgan fingerprint density at radius 3 is 2.07 bits per heavy atom. The molecule has 0 bridgehead atoms. The highest BCUT2D eigenvalue weighted by Crippen LogP contribution is 2.18. The number of piperazine rings is 1. The molecule has 2 aliphatic heterocycles. The maximum atomic E-state index is 12.6. The average molecular weight is 424 g/mol. The van der Waals surface area contributed by atoms with Crippen LogP contribution in [0.25, 0.3) is 0 Å². The minimum Gasteiger partial charge on any atom is -0.481 e. The monoisotopic (exact) mass is 423 g/mol. The third kappa shape index (κ3) is 6.69. The number of carbonyl (C=O) groups is 2. The quantitative estimate of drug-likeness (QED) is 0.762. The topological polar surface area (TPSA) is 64.1 Å². The second kappa shape index (κ2) is 11.0. The molecule has 0 aromatic heterocycles. The summed E-state index contributed by atoms with van der Waals surface area (Å²) in [7, 11) is 0. The summed E-state index contributed by atoms with van der Waals surface area (Å²) >= 11 is 0. The molecule has 2 fully saturated rings. The summed E-state index contributed by atoms with van der Waals surface area (Å²) in [5, 5.41) is 9.08. The normalized spacial score (nSPS) is 19.2. The van der Waals surface area contributed by atoms with Crippen LogP contribution in [0, 0.1) is 5.92 Å². The van der Waals surface area contributed by atoms with Gasteiger partial charge >= 0.3 is 5.97 Å². The van der Waals surface area contributed by atoms with E-state index in [2.05, 4.69) is 47.9 Å². The van der Waals surface area contributed by atoms with Crippen molar-refractivity contribution in [3.8, 4) is 0 Å². The highest BCUT2D eigenvalue weighted by atomic mass is 35.5. The molecule has 29 heavy (non-hydrogen) atoms. The maximum absolute atomic E-state index is 12.6. The summed E-state index contributed by atoms with van der Waals surface area (Å²) in [4.78, 5) is 30.1. The van der Waals surface area contributed by atoms with E-state index in [1.165, 1.54) is 11.1 Å². The standard InChI is InChI=1S/C22H33N3O3.ClH/c1-17(2)19-5-3-18(4-6-19)15-24-11-13-25(14-12-24)21(26)16-23-9-7-20(8-10-23)22(27)28;/h3-6,17,20H,7-16H2,1-2H3,(H,27,28);1H. The van der Waals surface area contributed by atoms with Gasteiger partial charge in [-0.1, -0.05) is 38.1 Å². The number of piperidine rings is 1. The van der Waals surface area contributed by atoms with E-state index in [0.717, 1.165) is 32.7 Å². The van der Waals surface area contributed by atoms with Crippen molar-refractivity contribution in [1.29, 1.82) is 0 Å². The van der Waals surface area contributed by atoms with Crippen LogP contribution in [-0.2, 0) is 16.1 Å². The Morgan fingerprint density at radius 2 is 1.55 bits per heavy atom. The smallest absolute Gasteiger partial charge is 0.306 e. The Bertz CT molecular complexity index is 664. The molecule has 6 nitrogen and oxygen atoms in total. The lowest BCUT2D eigenvalue weighted by molar-refractivity contribution is -0.143. The van der Waals surface area contributed by atoms with E-state index >= 15 is 0 Å². The third-order valence-electron chi connectivity index (χ3n) is 6.07. The van der Waals surface area contributed by atoms with Gasteiger partial charge in [-0.15, -0.1) is 12.4 Å². The third-order valence-corrected chi connectivity index (χ3v) is 6.07. The Kier molecular flexibility index (Phi) is 8.93. The number of halogens is 1. The molecule has 7 heteroatoms. The molecule has 1 N–H and O–H groups in total. The molecule has 0 atom stereocenters. The minimum absolute atomic E-state index is 0. The lowest BCUT2D eigenvalue weighted by Crippen LogP contribution is -2.51. The van der Waals surface area contributed by atoms with Gasteiger partial charge in [0.1, 0.15) is 0 Å². The number of carboxylic acid groups (broad SMARTS) is 1. The van der Waals surface area contributed by atoms with E-state index in [-0.39, 0.29) is 24.2 Å². The first-order chi connectivity index (χ1) is 13.4. The number of benzene rings is 1. The van der Waals surface area contributed by atoms with Crippen LogP contribution in [0.5, 0.6) is 0 Å². The van der Waals surface area contributed by atoms with Crippen molar-refractivity contribution in [1.82, 2.24) is 14.7 Å². The molecule has 1 amide bonds. The molecule has 0 saturated carbocycles. The van der Waals surface area contributed by atoms with Crippen LogP contribution in [-0.4, -0.2) is 77.5 Å². The summed E-state index contributed by atoms with van der Waals surface area (Å²) in [6, 6.07) is 8.86. The summed E-state index contributed by atoms with van der Waals surface area (Å²) in [6.45, 7) is 10.5. The summed E-state index contributed by atoms with van der Waals surface area (Å²) in [5.41, 5.74) is 2.69. The molecule has 0 unspecified atom stereocenters. The fraction of sp³-hybridized carbons (Fsp3) is 0.636. The number of carboxylic acids is 1. The van der Waals surface area contributed by atoms with Gasteiger partial charge in [0, 0.05) is 32.7 Å². The van der Waals surface area contributed by atoms with E-state index in [1.54, 1.807) is 0 Å². The van der Waals surface area contributed by atoms with E-state index in [4.69, 9.17) is 5.11 Å². The van der Waals surface area contributed by atoms with Gasteiger partial charge < -0.3 is 10.0 Å². The Morgan fingerprint density at radius 1 is 0.966 bits per heavy atom. The van der Waals surface area contributed by atoms with E-state index < -0.39 is 5.97 Å². The first-order valence-electron chi connectivity index (χ1n) is 10.5. The summed E-state index contributed by atoms with van der Waals surface area (Å²) in [6.07, 6.45) is 1.29. The van der Waals surface area contributed by atoms with Crippen molar-refractivity contribution in [2.24, 2.45) is 5.92 Å².